The Kier molecular flexibility index (Phi) is 5.01. The molecule has 0 unspecified atom stereocenters. The summed E-state index contributed by atoms with van der Waals surface area (Å²) in [6.07, 6.45) is 3.16. The maximum atomic E-state index is 12.0. The topological polar surface area (TPSA) is 101 Å². The lowest BCUT2D eigenvalue weighted by Gasteiger charge is -2.33. The van der Waals surface area contributed by atoms with Crippen molar-refractivity contribution >= 4 is 19.9 Å². The first-order valence-corrected chi connectivity index (χ1v) is 11.6. The molecule has 0 saturated heterocycles. The van der Waals surface area contributed by atoms with Crippen molar-refractivity contribution in [1.82, 2.24) is 19.4 Å². The lowest BCUT2D eigenvalue weighted by atomic mass is 10.2. The third-order valence-corrected chi connectivity index (χ3v) is 8.20. The molecule has 0 radical (unpaired) electrons. The number of fused-ring (bicyclic) bond motifs is 1. The van der Waals surface area contributed by atoms with Crippen LogP contribution in [0.25, 0.3) is 0 Å². The summed E-state index contributed by atoms with van der Waals surface area (Å²) in [6.45, 7) is 3.60. The minimum Gasteiger partial charge on any atom is -0.294 e. The lowest BCUT2D eigenvalue weighted by Crippen LogP contribution is -2.44. The zero-order valence-electron chi connectivity index (χ0n) is 13.8. The van der Waals surface area contributed by atoms with Gasteiger partial charge in [-0.05, 0) is 18.9 Å². The van der Waals surface area contributed by atoms with Gasteiger partial charge in [-0.2, -0.15) is 5.10 Å². The summed E-state index contributed by atoms with van der Waals surface area (Å²) in [6, 6.07) is 1.77. The fraction of sp³-hybridized carbons (Fsp3) is 0.786. The van der Waals surface area contributed by atoms with Crippen molar-refractivity contribution in [1.29, 1.82) is 0 Å². The molecule has 1 aliphatic heterocycles. The molecule has 1 aromatic rings. The summed E-state index contributed by atoms with van der Waals surface area (Å²) in [5, 5.41) is 4.05. The maximum absolute atomic E-state index is 12.0. The van der Waals surface area contributed by atoms with E-state index in [4.69, 9.17) is 0 Å². The second kappa shape index (κ2) is 6.74. The number of nitrogens with one attached hydrogen (secondary N) is 1. The zero-order valence-corrected chi connectivity index (χ0v) is 15.4. The Labute approximate surface area is 143 Å². The maximum Gasteiger partial charge on any atom is 0.214 e. The van der Waals surface area contributed by atoms with Gasteiger partial charge in [0.05, 0.1) is 22.7 Å². The molecule has 1 atom stereocenters. The van der Waals surface area contributed by atoms with Crippen molar-refractivity contribution < 1.29 is 16.8 Å². The minimum absolute atomic E-state index is 0.123. The van der Waals surface area contributed by atoms with E-state index >= 15 is 0 Å². The summed E-state index contributed by atoms with van der Waals surface area (Å²) in [5.41, 5.74) is 0.978. The molecule has 0 aromatic carbocycles. The van der Waals surface area contributed by atoms with E-state index in [1.165, 1.54) is 0 Å². The molecule has 24 heavy (non-hydrogen) atoms. The molecule has 136 valence electrons. The summed E-state index contributed by atoms with van der Waals surface area (Å²) >= 11 is 0. The SMILES string of the molecule is CCS(=O)(=O)CCN1Cc2ccnn2[C@H](CNS(=O)(=O)C2CC2)C1. The highest BCUT2D eigenvalue weighted by Crippen LogP contribution is 2.28. The van der Waals surface area contributed by atoms with Gasteiger partial charge >= 0.3 is 0 Å². The monoisotopic (exact) mass is 376 g/mol. The van der Waals surface area contributed by atoms with Gasteiger partial charge in [0.2, 0.25) is 10.0 Å². The second-order valence-electron chi connectivity index (χ2n) is 6.49. The van der Waals surface area contributed by atoms with Gasteiger partial charge in [0, 0.05) is 38.1 Å². The highest BCUT2D eigenvalue weighted by Gasteiger charge is 2.36. The third-order valence-electron chi connectivity index (χ3n) is 4.59. The fourth-order valence-electron chi connectivity index (χ4n) is 2.91. The highest BCUT2D eigenvalue weighted by atomic mass is 32.2. The predicted molar refractivity (Wildman–Crippen MR) is 90.8 cm³/mol. The summed E-state index contributed by atoms with van der Waals surface area (Å²) in [4.78, 5) is 2.06. The third kappa shape index (κ3) is 4.16. The molecular weight excluding hydrogens is 352 g/mol. The number of sulfonamides is 1. The number of nitrogens with zero attached hydrogens (tertiary/aromatic N) is 3. The molecule has 1 aliphatic carbocycles. The highest BCUT2D eigenvalue weighted by molar-refractivity contribution is 7.91. The smallest absolute Gasteiger partial charge is 0.214 e. The van der Waals surface area contributed by atoms with Crippen LogP contribution in [0.5, 0.6) is 0 Å². The Morgan fingerprint density at radius 3 is 2.71 bits per heavy atom. The van der Waals surface area contributed by atoms with Crippen LogP contribution < -0.4 is 4.72 Å². The number of rotatable bonds is 8. The summed E-state index contributed by atoms with van der Waals surface area (Å²) < 4.78 is 52.0. The number of aromatic nitrogens is 2. The Morgan fingerprint density at radius 1 is 1.29 bits per heavy atom. The first kappa shape index (κ1) is 17.8. The van der Waals surface area contributed by atoms with Crippen LogP contribution >= 0.6 is 0 Å². The van der Waals surface area contributed by atoms with Crippen molar-refractivity contribution in [3.8, 4) is 0 Å². The first-order chi connectivity index (χ1) is 11.3. The van der Waals surface area contributed by atoms with Gasteiger partial charge in [0.1, 0.15) is 0 Å². The Morgan fingerprint density at radius 2 is 2.04 bits per heavy atom. The average molecular weight is 377 g/mol. The van der Waals surface area contributed by atoms with E-state index in [0.717, 1.165) is 18.5 Å². The van der Waals surface area contributed by atoms with E-state index < -0.39 is 19.9 Å². The zero-order chi connectivity index (χ0) is 17.4. The molecule has 8 nitrogen and oxygen atoms in total. The van der Waals surface area contributed by atoms with Crippen LogP contribution in [-0.4, -0.2) is 67.9 Å². The number of sulfone groups is 1. The van der Waals surface area contributed by atoms with Gasteiger partial charge in [-0.25, -0.2) is 21.6 Å². The molecule has 0 bridgehead atoms. The van der Waals surface area contributed by atoms with Gasteiger partial charge < -0.3 is 0 Å². The van der Waals surface area contributed by atoms with E-state index in [1.807, 2.05) is 10.7 Å². The molecule has 2 heterocycles. The largest absolute Gasteiger partial charge is 0.294 e. The van der Waals surface area contributed by atoms with E-state index in [2.05, 4.69) is 14.7 Å². The number of hydrogen-bond donors (Lipinski definition) is 1. The summed E-state index contributed by atoms with van der Waals surface area (Å²) in [5.74, 6) is 0.265. The van der Waals surface area contributed by atoms with Crippen LogP contribution in [0.3, 0.4) is 0 Å². The molecule has 2 aliphatic rings. The molecule has 3 rings (SSSR count). The normalized spacial score (nSPS) is 22.5. The van der Waals surface area contributed by atoms with Crippen LogP contribution in [0.1, 0.15) is 31.5 Å². The molecule has 1 saturated carbocycles. The van der Waals surface area contributed by atoms with Crippen LogP contribution in [-0.2, 0) is 26.4 Å². The predicted octanol–water partition coefficient (Wildman–Crippen LogP) is -0.244. The first-order valence-electron chi connectivity index (χ1n) is 8.24. The molecule has 1 aromatic heterocycles. The quantitative estimate of drug-likeness (QED) is 0.672. The molecule has 0 amide bonds. The standard InChI is InChI=1S/C14H24N4O4S2/c1-2-23(19,20)8-7-17-10-12-5-6-15-18(12)13(11-17)9-16-24(21,22)14-3-4-14/h5-6,13-14,16H,2-4,7-11H2,1H3/t13-/m1/s1. The Bertz CT molecular complexity index is 783. The van der Waals surface area contributed by atoms with E-state index in [-0.39, 0.29) is 29.3 Å². The Balaban J connectivity index is 1.65. The molecule has 1 N–H and O–H groups in total. The van der Waals surface area contributed by atoms with Crippen molar-refractivity contribution in [3.63, 3.8) is 0 Å². The van der Waals surface area contributed by atoms with Crippen LogP contribution in [0.2, 0.25) is 0 Å². The van der Waals surface area contributed by atoms with Crippen molar-refractivity contribution in [3.05, 3.63) is 18.0 Å². The van der Waals surface area contributed by atoms with Crippen LogP contribution in [0.15, 0.2) is 12.3 Å². The van der Waals surface area contributed by atoms with E-state index in [1.54, 1.807) is 13.1 Å². The summed E-state index contributed by atoms with van der Waals surface area (Å²) in [7, 11) is -6.25. The second-order valence-corrected chi connectivity index (χ2v) is 11.0. The average Bonchev–Trinajstić information content (AvgIpc) is 3.30. The minimum atomic E-state index is -3.23. The van der Waals surface area contributed by atoms with E-state index in [0.29, 0.717) is 19.6 Å². The molecule has 1 fully saturated rings. The molecule has 10 heteroatoms. The van der Waals surface area contributed by atoms with Crippen molar-refractivity contribution in [2.24, 2.45) is 0 Å². The van der Waals surface area contributed by atoms with Gasteiger partial charge in [0.25, 0.3) is 0 Å². The fourth-order valence-corrected chi connectivity index (χ4v) is 5.15. The Hall–Kier alpha value is -0.970. The molecule has 0 spiro atoms. The van der Waals surface area contributed by atoms with Crippen LogP contribution in [0.4, 0.5) is 0 Å². The number of hydrogen-bond acceptors (Lipinski definition) is 6. The van der Waals surface area contributed by atoms with Gasteiger partial charge in [-0.3, -0.25) is 9.58 Å². The van der Waals surface area contributed by atoms with Gasteiger partial charge in [0.15, 0.2) is 9.84 Å². The molecular formula is C14H24N4O4S2. The van der Waals surface area contributed by atoms with E-state index in [9.17, 15) is 16.8 Å². The van der Waals surface area contributed by atoms with Gasteiger partial charge in [-0.15, -0.1) is 0 Å². The van der Waals surface area contributed by atoms with Gasteiger partial charge in [-0.1, -0.05) is 6.92 Å². The van der Waals surface area contributed by atoms with Crippen molar-refractivity contribution in [2.45, 2.75) is 37.6 Å². The van der Waals surface area contributed by atoms with Crippen LogP contribution in [0, 0.1) is 0 Å². The van der Waals surface area contributed by atoms with Crippen molar-refractivity contribution in [2.75, 3.05) is 31.1 Å². The lowest BCUT2D eigenvalue weighted by molar-refractivity contribution is 0.184.